The van der Waals surface area contributed by atoms with Crippen LogP contribution in [0.3, 0.4) is 0 Å². The van der Waals surface area contributed by atoms with Gasteiger partial charge in [-0.3, -0.25) is 38.7 Å². The summed E-state index contributed by atoms with van der Waals surface area (Å²) in [5.74, 6) is -6.26. The summed E-state index contributed by atoms with van der Waals surface area (Å²) in [6, 6.07) is 5.34. The van der Waals surface area contributed by atoms with E-state index in [2.05, 4.69) is 0 Å². The van der Waals surface area contributed by atoms with Gasteiger partial charge in [0.05, 0.1) is 26.2 Å². The molecule has 1 unspecified atom stereocenters. The lowest BCUT2D eigenvalue weighted by molar-refractivity contribution is -0.146. The highest BCUT2D eigenvalue weighted by Gasteiger charge is 2.28. The highest BCUT2D eigenvalue weighted by molar-refractivity contribution is 5.74. The summed E-state index contributed by atoms with van der Waals surface area (Å²) in [7, 11) is 0. The van der Waals surface area contributed by atoms with Gasteiger partial charge in [0.15, 0.2) is 0 Å². The average Bonchev–Trinajstić information content (AvgIpc) is 2.71. The first-order valence-electron chi connectivity index (χ1n) is 10.5. The fourth-order valence-electron chi connectivity index (χ4n) is 3.41. The molecule has 194 valence electrons. The second-order valence-corrected chi connectivity index (χ2v) is 7.83. The molecule has 7 N–H and O–H groups in total. The number of hydrogen-bond donors (Lipinski definition) is 6. The molecular weight excluding hydrogens is 468 g/mol. The van der Waals surface area contributed by atoms with Gasteiger partial charge < -0.3 is 31.3 Å². The van der Waals surface area contributed by atoms with Crippen LogP contribution in [0.25, 0.3) is 0 Å². The number of carboxylic acid groups (broad SMARTS) is 5. The van der Waals surface area contributed by atoms with E-state index >= 15 is 0 Å². The summed E-state index contributed by atoms with van der Waals surface area (Å²) in [5, 5.41) is 46.1. The molecule has 0 spiro atoms. The molecule has 0 aliphatic carbocycles. The molecule has 35 heavy (non-hydrogen) atoms. The molecule has 1 rings (SSSR count). The Morgan fingerprint density at radius 1 is 0.657 bits per heavy atom. The normalized spacial score (nSPS) is 12.1. The van der Waals surface area contributed by atoms with Crippen molar-refractivity contribution in [3.8, 4) is 0 Å². The topological polar surface area (TPSA) is 222 Å². The maximum atomic E-state index is 12.1. The third kappa shape index (κ3) is 12.3. The van der Waals surface area contributed by atoms with Gasteiger partial charge in [-0.2, -0.15) is 0 Å². The summed E-state index contributed by atoms with van der Waals surface area (Å²) in [6.07, 6.45) is 0.0192. The van der Waals surface area contributed by atoms with Gasteiger partial charge >= 0.3 is 29.8 Å². The van der Waals surface area contributed by atoms with Crippen molar-refractivity contribution in [2.24, 2.45) is 0 Å². The van der Waals surface area contributed by atoms with Crippen molar-refractivity contribution in [2.45, 2.75) is 12.5 Å². The van der Waals surface area contributed by atoms with Gasteiger partial charge in [-0.25, -0.2) is 0 Å². The van der Waals surface area contributed by atoms with Gasteiger partial charge in [0.2, 0.25) is 0 Å². The van der Waals surface area contributed by atoms with Gasteiger partial charge in [0.1, 0.15) is 6.04 Å². The second-order valence-electron chi connectivity index (χ2n) is 7.83. The van der Waals surface area contributed by atoms with Crippen molar-refractivity contribution >= 4 is 35.5 Å². The standard InChI is InChI=1S/C21H30N4O10/c22-15-3-1-14(2-4-15)9-16(21(34)35)25(7-5-23(10-17(26)27)11-18(28)29)8-6-24(12-19(30)31)13-20(32)33/h1-4,16H,5-13,22H2,(H,26,27)(H,28,29)(H,30,31)(H,32,33)(H,34,35). The van der Waals surface area contributed by atoms with Crippen LogP contribution in [-0.4, -0.2) is 128 Å². The number of hydrogen-bond acceptors (Lipinski definition) is 9. The quantitative estimate of drug-likeness (QED) is 0.127. The summed E-state index contributed by atoms with van der Waals surface area (Å²) in [4.78, 5) is 60.2. The van der Waals surface area contributed by atoms with Crippen molar-refractivity contribution in [1.82, 2.24) is 14.7 Å². The van der Waals surface area contributed by atoms with Crippen LogP contribution in [0.2, 0.25) is 0 Å². The highest BCUT2D eigenvalue weighted by Crippen LogP contribution is 2.13. The van der Waals surface area contributed by atoms with Crippen LogP contribution in [0.5, 0.6) is 0 Å². The van der Waals surface area contributed by atoms with Crippen molar-refractivity contribution in [2.75, 3.05) is 58.1 Å². The van der Waals surface area contributed by atoms with E-state index in [9.17, 15) is 29.1 Å². The van der Waals surface area contributed by atoms with Crippen molar-refractivity contribution in [1.29, 1.82) is 0 Å². The van der Waals surface area contributed by atoms with Crippen molar-refractivity contribution < 1.29 is 49.5 Å². The average molecular weight is 498 g/mol. The molecule has 0 saturated heterocycles. The van der Waals surface area contributed by atoms with Crippen molar-refractivity contribution in [3.05, 3.63) is 29.8 Å². The van der Waals surface area contributed by atoms with E-state index in [1.54, 1.807) is 24.3 Å². The SMILES string of the molecule is Nc1ccc(CC(C(=O)O)N(CCN(CC(=O)O)CC(=O)O)CCN(CC(=O)O)CC(=O)O)cc1. The summed E-state index contributed by atoms with van der Waals surface area (Å²) in [5.41, 5.74) is 6.78. The van der Waals surface area contributed by atoms with Gasteiger partial charge in [0.25, 0.3) is 0 Å². The van der Waals surface area contributed by atoms with Gasteiger partial charge in [-0.1, -0.05) is 12.1 Å². The molecule has 0 bridgehead atoms. The predicted molar refractivity (Wildman–Crippen MR) is 121 cm³/mol. The summed E-state index contributed by atoms with van der Waals surface area (Å²) >= 11 is 0. The molecule has 0 fully saturated rings. The molecular formula is C21H30N4O10. The molecule has 1 aromatic rings. The van der Waals surface area contributed by atoms with Crippen LogP contribution in [0.15, 0.2) is 24.3 Å². The Kier molecular flexibility index (Phi) is 12.1. The largest absolute Gasteiger partial charge is 0.480 e. The number of aliphatic carboxylic acids is 5. The van der Waals surface area contributed by atoms with E-state index in [1.807, 2.05) is 0 Å². The Balaban J connectivity index is 3.13. The minimum Gasteiger partial charge on any atom is -0.480 e. The monoisotopic (exact) mass is 498 g/mol. The van der Waals surface area contributed by atoms with Crippen LogP contribution in [0.4, 0.5) is 5.69 Å². The van der Waals surface area contributed by atoms with E-state index in [1.165, 1.54) is 4.90 Å². The fourth-order valence-corrected chi connectivity index (χ4v) is 3.41. The Morgan fingerprint density at radius 2 is 1.03 bits per heavy atom. The van der Waals surface area contributed by atoms with E-state index < -0.39 is 62.1 Å². The molecule has 0 amide bonds. The fraction of sp³-hybridized carbons (Fsp3) is 0.476. The molecule has 0 heterocycles. The number of carboxylic acids is 5. The smallest absolute Gasteiger partial charge is 0.321 e. The maximum Gasteiger partial charge on any atom is 0.321 e. The summed E-state index contributed by atoms with van der Waals surface area (Å²) < 4.78 is 0. The number of benzene rings is 1. The Bertz CT molecular complexity index is 821. The van der Waals surface area contributed by atoms with E-state index in [0.717, 1.165) is 9.80 Å². The number of rotatable bonds is 18. The first-order chi connectivity index (χ1) is 16.4. The summed E-state index contributed by atoms with van der Waals surface area (Å²) in [6.45, 7) is -2.69. The maximum absolute atomic E-state index is 12.1. The first-order valence-corrected chi connectivity index (χ1v) is 10.5. The van der Waals surface area contributed by atoms with Crippen LogP contribution < -0.4 is 5.73 Å². The lowest BCUT2D eigenvalue weighted by Crippen LogP contribution is -2.50. The second kappa shape index (κ2) is 14.5. The minimum atomic E-state index is -1.26. The lowest BCUT2D eigenvalue weighted by Gasteiger charge is -2.32. The molecule has 14 heteroatoms. The van der Waals surface area contributed by atoms with E-state index in [0.29, 0.717) is 11.3 Å². The molecule has 0 aromatic heterocycles. The third-order valence-electron chi connectivity index (χ3n) is 4.98. The first kappa shape index (κ1) is 29.3. The molecule has 0 aliphatic heterocycles. The van der Waals surface area contributed by atoms with Crippen LogP contribution >= 0.6 is 0 Å². The number of carbonyl (C=O) groups is 5. The zero-order chi connectivity index (χ0) is 26.5. The molecule has 1 aromatic carbocycles. The number of nitrogen functional groups attached to an aromatic ring is 1. The number of nitrogens with zero attached hydrogens (tertiary/aromatic N) is 3. The van der Waals surface area contributed by atoms with Gasteiger partial charge in [-0.05, 0) is 24.1 Å². The van der Waals surface area contributed by atoms with Crippen LogP contribution in [0, 0.1) is 0 Å². The Hall–Kier alpha value is -3.75. The van der Waals surface area contributed by atoms with E-state index in [-0.39, 0.29) is 32.6 Å². The van der Waals surface area contributed by atoms with Crippen LogP contribution in [-0.2, 0) is 30.4 Å². The van der Waals surface area contributed by atoms with Gasteiger partial charge in [0, 0.05) is 31.9 Å². The highest BCUT2D eigenvalue weighted by atomic mass is 16.4. The molecule has 0 aliphatic rings. The molecule has 14 nitrogen and oxygen atoms in total. The van der Waals surface area contributed by atoms with E-state index in [4.69, 9.17) is 26.2 Å². The lowest BCUT2D eigenvalue weighted by atomic mass is 10.0. The zero-order valence-corrected chi connectivity index (χ0v) is 18.9. The third-order valence-corrected chi connectivity index (χ3v) is 4.98. The van der Waals surface area contributed by atoms with Gasteiger partial charge in [-0.15, -0.1) is 0 Å². The zero-order valence-electron chi connectivity index (χ0n) is 18.9. The Morgan fingerprint density at radius 3 is 1.34 bits per heavy atom. The number of nitrogens with two attached hydrogens (primary N) is 1. The molecule has 0 saturated carbocycles. The molecule has 1 atom stereocenters. The minimum absolute atomic E-state index is 0.0192. The molecule has 0 radical (unpaired) electrons. The predicted octanol–water partition coefficient (Wildman–Crippen LogP) is -1.49. The van der Waals surface area contributed by atoms with Crippen LogP contribution in [0.1, 0.15) is 5.56 Å². The Labute approximate surface area is 200 Å². The number of anilines is 1. The van der Waals surface area contributed by atoms with Crippen molar-refractivity contribution in [3.63, 3.8) is 0 Å².